The summed E-state index contributed by atoms with van der Waals surface area (Å²) in [4.78, 5) is 10.2. The molecule has 0 aliphatic carbocycles. The second kappa shape index (κ2) is 19.4. The number of rotatable bonds is 21. The Balaban J connectivity index is 0.653. The van der Waals surface area contributed by atoms with Gasteiger partial charge in [0.05, 0.1) is 22.1 Å². The van der Waals surface area contributed by atoms with Crippen molar-refractivity contribution in [2.45, 2.75) is 128 Å². The molecule has 0 aliphatic heterocycles. The molecule has 0 saturated carbocycles. The lowest BCUT2D eigenvalue weighted by molar-refractivity contribution is 0.524. The van der Waals surface area contributed by atoms with Crippen molar-refractivity contribution in [3.05, 3.63) is 132 Å². The number of pyridine rings is 2. The second-order valence-electron chi connectivity index (χ2n) is 16.4. The van der Waals surface area contributed by atoms with Gasteiger partial charge in [0.2, 0.25) is 0 Å². The number of unbranched alkanes of at least 4 members (excludes halogenated alkanes) is 17. The number of hydrogen-bond acceptors (Lipinski definition) is 2. The number of aryl methyl sites for hydroxylation is 2. The first kappa shape index (κ1) is 38.1. The maximum absolute atomic E-state index is 5.12. The van der Waals surface area contributed by atoms with Crippen molar-refractivity contribution in [2.75, 3.05) is 0 Å². The summed E-state index contributed by atoms with van der Waals surface area (Å²) in [5, 5.41) is 10.4. The van der Waals surface area contributed by atoms with Gasteiger partial charge in [-0.1, -0.05) is 212 Å². The first-order valence-corrected chi connectivity index (χ1v) is 22.2. The molecule has 6 aromatic carbocycles. The van der Waals surface area contributed by atoms with Crippen molar-refractivity contribution < 1.29 is 0 Å². The Bertz CT molecular complexity index is 2340. The van der Waals surface area contributed by atoms with Crippen LogP contribution in [0.1, 0.15) is 127 Å². The summed E-state index contributed by atoms with van der Waals surface area (Å²) in [7, 11) is 0. The van der Waals surface area contributed by atoms with Crippen LogP contribution < -0.4 is 0 Å². The van der Waals surface area contributed by atoms with Gasteiger partial charge >= 0.3 is 0 Å². The lowest BCUT2D eigenvalue weighted by Crippen LogP contribution is -1.94. The average molecular weight is 737 g/mol. The Morgan fingerprint density at radius 2 is 0.554 bits per heavy atom. The average Bonchev–Trinajstić information content (AvgIpc) is 3.25. The number of aromatic nitrogens is 2. The topological polar surface area (TPSA) is 25.8 Å². The summed E-state index contributed by atoms with van der Waals surface area (Å²) in [6, 6.07) is 44.0. The molecule has 0 bridgehead atoms. The molecule has 0 unspecified atom stereocenters. The summed E-state index contributed by atoms with van der Waals surface area (Å²) >= 11 is 0. The van der Waals surface area contributed by atoms with Gasteiger partial charge in [-0.15, -0.1) is 0 Å². The Kier molecular flexibility index (Phi) is 13.2. The maximum Gasteiger partial charge on any atom is 0.0790 e. The molecular weight excluding hydrogens is 677 g/mol. The normalized spacial score (nSPS) is 11.9. The largest absolute Gasteiger partial charge is 0.247 e. The smallest absolute Gasteiger partial charge is 0.0790 e. The third-order valence-corrected chi connectivity index (χ3v) is 12.5. The van der Waals surface area contributed by atoms with Crippen LogP contribution in [0.3, 0.4) is 0 Å². The molecule has 0 N–H and O–H groups in total. The van der Waals surface area contributed by atoms with E-state index in [9.17, 15) is 0 Å². The zero-order chi connectivity index (χ0) is 37.8. The summed E-state index contributed by atoms with van der Waals surface area (Å²) in [5.74, 6) is 0. The molecule has 0 fully saturated rings. The van der Waals surface area contributed by atoms with Gasteiger partial charge in [0.1, 0.15) is 0 Å². The van der Waals surface area contributed by atoms with Crippen LogP contribution >= 0.6 is 0 Å². The Morgan fingerprint density at radius 1 is 0.250 bits per heavy atom. The molecule has 0 atom stereocenters. The summed E-state index contributed by atoms with van der Waals surface area (Å²) in [5.41, 5.74) is 7.55. The zero-order valence-electron chi connectivity index (χ0n) is 33.6. The highest BCUT2D eigenvalue weighted by atomic mass is 14.7. The fourth-order valence-corrected chi connectivity index (χ4v) is 9.39. The van der Waals surface area contributed by atoms with E-state index in [1.807, 2.05) is 0 Å². The Morgan fingerprint density at radius 3 is 0.929 bits per heavy atom. The molecule has 8 aromatic rings. The zero-order valence-corrected chi connectivity index (χ0v) is 33.6. The number of benzene rings is 6. The predicted molar refractivity (Wildman–Crippen MR) is 244 cm³/mol. The van der Waals surface area contributed by atoms with Gasteiger partial charge in [0.25, 0.3) is 0 Å². The minimum Gasteiger partial charge on any atom is -0.247 e. The van der Waals surface area contributed by atoms with E-state index in [0.717, 1.165) is 34.9 Å². The molecule has 2 nitrogen and oxygen atoms in total. The van der Waals surface area contributed by atoms with E-state index in [1.54, 1.807) is 0 Å². The molecule has 56 heavy (non-hydrogen) atoms. The van der Waals surface area contributed by atoms with Crippen molar-refractivity contribution in [2.24, 2.45) is 0 Å². The van der Waals surface area contributed by atoms with E-state index < -0.39 is 0 Å². The lowest BCUT2D eigenvalue weighted by Gasteiger charge is -2.13. The van der Waals surface area contributed by atoms with Gasteiger partial charge in [0.15, 0.2) is 0 Å². The minimum absolute atomic E-state index is 1.13. The molecule has 0 spiro atoms. The van der Waals surface area contributed by atoms with Crippen molar-refractivity contribution in [1.82, 2.24) is 9.97 Å². The molecule has 2 aromatic heterocycles. The van der Waals surface area contributed by atoms with E-state index in [2.05, 4.69) is 121 Å². The van der Waals surface area contributed by atoms with Crippen LogP contribution in [-0.2, 0) is 12.8 Å². The van der Waals surface area contributed by atoms with Crippen LogP contribution in [0.2, 0.25) is 0 Å². The van der Waals surface area contributed by atoms with Gasteiger partial charge in [-0.3, -0.25) is 0 Å². The van der Waals surface area contributed by atoms with Gasteiger partial charge in [-0.25, -0.2) is 9.97 Å². The Labute approximate surface area is 334 Å². The van der Waals surface area contributed by atoms with Crippen LogP contribution in [0.15, 0.2) is 121 Å². The first-order chi connectivity index (χ1) is 27.8. The third-order valence-electron chi connectivity index (χ3n) is 12.5. The monoisotopic (exact) mass is 736 g/mol. The number of fused-ring (bicyclic) bond motifs is 8. The molecule has 286 valence electrons. The first-order valence-electron chi connectivity index (χ1n) is 22.2. The van der Waals surface area contributed by atoms with Crippen LogP contribution in [0.4, 0.5) is 0 Å². The van der Waals surface area contributed by atoms with Gasteiger partial charge in [-0.05, 0) is 59.7 Å². The van der Waals surface area contributed by atoms with Gasteiger partial charge in [-0.2, -0.15) is 0 Å². The standard InChI is InChI=1S/C54H60N2/c1(3-5-7-9-11-13-15-17-31-45-47-33-23-25-35-51(47)55-53-43-29-21-19-27-41(43)37-39-49(45)53)2-4-6-8-10-12-14-16-18-32-46-48-34-24-26-36-52(48)56-54-44-30-22-20-28-42(44)38-40-50(46)54/h19-30,33-40H,1-18,31-32H2. The van der Waals surface area contributed by atoms with E-state index in [0.29, 0.717) is 0 Å². The van der Waals surface area contributed by atoms with Crippen molar-refractivity contribution >= 4 is 65.2 Å². The molecule has 2 heterocycles. The van der Waals surface area contributed by atoms with Gasteiger partial charge < -0.3 is 0 Å². The highest BCUT2D eigenvalue weighted by Crippen LogP contribution is 2.34. The highest BCUT2D eigenvalue weighted by molar-refractivity contribution is 6.11. The molecule has 0 radical (unpaired) electrons. The summed E-state index contributed by atoms with van der Waals surface area (Å²) < 4.78 is 0. The van der Waals surface area contributed by atoms with E-state index in [-0.39, 0.29) is 0 Å². The Hall–Kier alpha value is -4.82. The number of nitrogens with zero attached hydrogens (tertiary/aromatic N) is 2. The van der Waals surface area contributed by atoms with Crippen LogP contribution in [0.5, 0.6) is 0 Å². The van der Waals surface area contributed by atoms with E-state index >= 15 is 0 Å². The number of hydrogen-bond donors (Lipinski definition) is 0. The molecule has 0 saturated heterocycles. The van der Waals surface area contributed by atoms with E-state index in [4.69, 9.17) is 9.97 Å². The fourth-order valence-electron chi connectivity index (χ4n) is 9.39. The molecule has 2 heteroatoms. The predicted octanol–water partition coefficient (Wildman–Crippen LogP) is 16.2. The SMILES string of the molecule is c1ccc2c(c1)ccc1c(CCCCCCCCCCCCCCCCCCCCc3c4ccccc4nc4c3ccc3ccccc34)c3ccccc3nc12. The third kappa shape index (κ3) is 9.07. The fraction of sp³-hybridized carbons (Fsp3) is 0.370. The summed E-state index contributed by atoms with van der Waals surface area (Å²) in [6.45, 7) is 0. The van der Waals surface area contributed by atoms with Crippen LogP contribution in [-0.4, -0.2) is 9.97 Å². The van der Waals surface area contributed by atoms with Crippen molar-refractivity contribution in [3.63, 3.8) is 0 Å². The highest BCUT2D eigenvalue weighted by Gasteiger charge is 2.13. The van der Waals surface area contributed by atoms with Crippen LogP contribution in [0.25, 0.3) is 65.2 Å². The maximum atomic E-state index is 5.12. The van der Waals surface area contributed by atoms with Crippen LogP contribution in [0, 0.1) is 0 Å². The van der Waals surface area contributed by atoms with Gasteiger partial charge in [0, 0.05) is 32.3 Å². The quantitative estimate of drug-likeness (QED) is 0.0417. The molecule has 0 aliphatic rings. The lowest BCUT2D eigenvalue weighted by atomic mass is 9.95. The van der Waals surface area contributed by atoms with Crippen molar-refractivity contribution in [1.29, 1.82) is 0 Å². The van der Waals surface area contributed by atoms with Crippen molar-refractivity contribution in [3.8, 4) is 0 Å². The minimum atomic E-state index is 1.13. The summed E-state index contributed by atoms with van der Waals surface area (Å²) in [6.07, 6.45) is 27.1. The number of para-hydroxylation sites is 2. The van der Waals surface area contributed by atoms with E-state index in [1.165, 1.54) is 170 Å². The molecule has 8 rings (SSSR count). The second-order valence-corrected chi connectivity index (χ2v) is 16.4. The molecular formula is C54H60N2. The molecule has 0 amide bonds.